The Kier molecular flexibility index (Phi) is 3.81. The third-order valence-corrected chi connectivity index (χ3v) is 3.30. The largest absolute Gasteiger partial charge is 0.433 e. The molecule has 2 aromatic heterocycles. The smallest absolute Gasteiger partial charge is 0.424 e. The number of fused-ring (bicyclic) bond motifs is 1. The van der Waals surface area contributed by atoms with E-state index in [1.807, 2.05) is 0 Å². The molecular formula is C15H9ClF3N3O. The lowest BCUT2D eigenvalue weighted by molar-refractivity contribution is -0.140. The predicted octanol–water partition coefficient (Wildman–Crippen LogP) is 4.80. The second-order valence-electron chi connectivity index (χ2n) is 4.76. The van der Waals surface area contributed by atoms with E-state index in [2.05, 4.69) is 15.0 Å². The summed E-state index contributed by atoms with van der Waals surface area (Å²) in [7, 11) is 0. The molecule has 0 fully saturated rings. The fraction of sp³-hybridized carbons (Fsp3) is 0.133. The number of alkyl halides is 3. The van der Waals surface area contributed by atoms with Gasteiger partial charge in [0, 0.05) is 5.39 Å². The van der Waals surface area contributed by atoms with Crippen LogP contribution in [0.5, 0.6) is 11.8 Å². The van der Waals surface area contributed by atoms with Gasteiger partial charge in [-0.15, -0.1) is 0 Å². The van der Waals surface area contributed by atoms with E-state index in [1.165, 1.54) is 18.5 Å². The lowest BCUT2D eigenvalue weighted by Gasteiger charge is -2.11. The second-order valence-corrected chi connectivity index (χ2v) is 5.19. The van der Waals surface area contributed by atoms with Crippen molar-refractivity contribution in [1.29, 1.82) is 0 Å². The molecule has 0 bridgehead atoms. The molecule has 1 aromatic carbocycles. The van der Waals surface area contributed by atoms with Crippen LogP contribution < -0.4 is 4.74 Å². The highest BCUT2D eigenvalue weighted by Crippen LogP contribution is 2.34. The van der Waals surface area contributed by atoms with Crippen molar-refractivity contribution in [2.45, 2.75) is 13.1 Å². The average Bonchev–Trinajstić information content (AvgIpc) is 2.51. The van der Waals surface area contributed by atoms with Gasteiger partial charge in [0.15, 0.2) is 0 Å². The number of rotatable bonds is 2. The maximum Gasteiger partial charge on any atom is 0.433 e. The summed E-state index contributed by atoms with van der Waals surface area (Å²) in [6.45, 7) is 1.68. The molecule has 0 saturated heterocycles. The lowest BCUT2D eigenvalue weighted by Crippen LogP contribution is -2.08. The van der Waals surface area contributed by atoms with Gasteiger partial charge in [-0.2, -0.15) is 13.2 Å². The van der Waals surface area contributed by atoms with Crippen molar-refractivity contribution >= 4 is 22.5 Å². The zero-order valence-electron chi connectivity index (χ0n) is 11.7. The summed E-state index contributed by atoms with van der Waals surface area (Å²) in [4.78, 5) is 11.5. The van der Waals surface area contributed by atoms with Crippen molar-refractivity contribution < 1.29 is 17.9 Å². The summed E-state index contributed by atoms with van der Waals surface area (Å²) >= 11 is 5.69. The van der Waals surface area contributed by atoms with E-state index in [-0.39, 0.29) is 11.5 Å². The maximum atomic E-state index is 12.8. The van der Waals surface area contributed by atoms with Crippen molar-refractivity contribution in [3.63, 3.8) is 0 Å². The molecular weight excluding hydrogens is 331 g/mol. The minimum absolute atomic E-state index is 0.0412. The molecule has 0 atom stereocenters. The Balaban J connectivity index is 2.08. The molecule has 0 N–H and O–H groups in total. The summed E-state index contributed by atoms with van der Waals surface area (Å²) in [5.74, 6) is 0.314. The molecule has 0 radical (unpaired) electrons. The van der Waals surface area contributed by atoms with Crippen molar-refractivity contribution in [1.82, 2.24) is 15.0 Å². The van der Waals surface area contributed by atoms with Crippen LogP contribution in [0.3, 0.4) is 0 Å². The summed E-state index contributed by atoms with van der Waals surface area (Å²) in [5, 5.41) is 0.791. The van der Waals surface area contributed by atoms with Crippen molar-refractivity contribution in [2.75, 3.05) is 0 Å². The van der Waals surface area contributed by atoms with Crippen LogP contribution in [0.1, 0.15) is 11.3 Å². The van der Waals surface area contributed by atoms with Crippen LogP contribution in [0.25, 0.3) is 10.9 Å². The van der Waals surface area contributed by atoms with E-state index in [9.17, 15) is 13.2 Å². The minimum atomic E-state index is -4.50. The first-order chi connectivity index (χ1) is 10.8. The van der Waals surface area contributed by atoms with Crippen LogP contribution >= 0.6 is 11.6 Å². The number of halogens is 4. The quantitative estimate of drug-likeness (QED) is 0.673. The Labute approximate surface area is 133 Å². The Morgan fingerprint density at radius 1 is 1.04 bits per heavy atom. The second kappa shape index (κ2) is 5.66. The third-order valence-electron chi connectivity index (χ3n) is 3.11. The number of aromatic nitrogens is 3. The molecule has 0 aliphatic carbocycles. The number of aryl methyl sites for hydroxylation is 1. The van der Waals surface area contributed by atoms with Gasteiger partial charge in [-0.1, -0.05) is 17.7 Å². The molecule has 0 aliphatic rings. The van der Waals surface area contributed by atoms with E-state index < -0.39 is 11.9 Å². The van der Waals surface area contributed by atoms with Gasteiger partial charge in [0.1, 0.15) is 11.4 Å². The zero-order valence-corrected chi connectivity index (χ0v) is 12.5. The van der Waals surface area contributed by atoms with E-state index in [1.54, 1.807) is 19.1 Å². The number of ether oxygens (including phenoxy) is 1. The molecule has 3 aromatic rings. The summed E-state index contributed by atoms with van der Waals surface area (Å²) < 4.78 is 43.9. The number of hydrogen-bond acceptors (Lipinski definition) is 4. The van der Waals surface area contributed by atoms with Crippen molar-refractivity contribution in [3.05, 3.63) is 52.9 Å². The average molecular weight is 340 g/mol. The molecule has 3 rings (SSSR count). The van der Waals surface area contributed by atoms with E-state index in [0.717, 1.165) is 6.07 Å². The van der Waals surface area contributed by atoms with Gasteiger partial charge < -0.3 is 4.74 Å². The SMILES string of the molecule is Cc1ccc(Oc2ncc(Cl)cn2)c2ccc(C(F)(F)F)nc12. The Bertz CT molecular complexity index is 866. The fourth-order valence-electron chi connectivity index (χ4n) is 2.03. The van der Waals surface area contributed by atoms with Crippen LogP contribution in [-0.2, 0) is 6.18 Å². The lowest BCUT2D eigenvalue weighted by atomic mass is 10.1. The van der Waals surface area contributed by atoms with Gasteiger partial charge in [-0.25, -0.2) is 15.0 Å². The molecule has 0 aliphatic heterocycles. The molecule has 0 saturated carbocycles. The first-order valence-corrected chi connectivity index (χ1v) is 6.85. The molecule has 0 spiro atoms. The molecule has 0 unspecified atom stereocenters. The third kappa shape index (κ3) is 3.19. The number of hydrogen-bond donors (Lipinski definition) is 0. The highest BCUT2D eigenvalue weighted by molar-refractivity contribution is 6.30. The standard InChI is InChI=1S/C15H9ClF3N3O/c1-8-2-4-11(23-14-20-6-9(16)7-21-14)10-3-5-12(15(17,18)19)22-13(8)10/h2-7H,1H3. The van der Waals surface area contributed by atoms with E-state index in [0.29, 0.717) is 21.7 Å². The molecule has 0 amide bonds. The normalized spacial score (nSPS) is 11.7. The summed E-state index contributed by atoms with van der Waals surface area (Å²) in [5.41, 5.74) is -0.130. The molecule has 2 heterocycles. The molecule has 4 nitrogen and oxygen atoms in total. The van der Waals surface area contributed by atoms with Gasteiger partial charge in [0.25, 0.3) is 0 Å². The Hall–Kier alpha value is -2.41. The van der Waals surface area contributed by atoms with E-state index >= 15 is 0 Å². The highest BCUT2D eigenvalue weighted by atomic mass is 35.5. The predicted molar refractivity (Wildman–Crippen MR) is 78.6 cm³/mol. The molecule has 8 heteroatoms. The summed E-state index contributed by atoms with van der Waals surface area (Å²) in [6.07, 6.45) is -1.78. The van der Waals surface area contributed by atoms with Gasteiger partial charge >= 0.3 is 12.2 Å². The first-order valence-electron chi connectivity index (χ1n) is 6.47. The Morgan fingerprint density at radius 2 is 1.74 bits per heavy atom. The minimum Gasteiger partial charge on any atom is -0.424 e. The van der Waals surface area contributed by atoms with Crippen LogP contribution in [0.2, 0.25) is 5.02 Å². The van der Waals surface area contributed by atoms with E-state index in [4.69, 9.17) is 16.3 Å². The van der Waals surface area contributed by atoms with Crippen LogP contribution in [0.4, 0.5) is 13.2 Å². The topological polar surface area (TPSA) is 47.9 Å². The maximum absolute atomic E-state index is 12.8. The fourth-order valence-corrected chi connectivity index (χ4v) is 2.12. The van der Waals surface area contributed by atoms with Gasteiger partial charge in [-0.3, -0.25) is 0 Å². The van der Waals surface area contributed by atoms with Gasteiger partial charge in [0.05, 0.1) is 22.9 Å². The molecule has 23 heavy (non-hydrogen) atoms. The van der Waals surface area contributed by atoms with Crippen molar-refractivity contribution in [2.24, 2.45) is 0 Å². The summed E-state index contributed by atoms with van der Waals surface area (Å²) in [6, 6.07) is 5.53. The van der Waals surface area contributed by atoms with Gasteiger partial charge in [0.2, 0.25) is 0 Å². The van der Waals surface area contributed by atoms with Crippen LogP contribution in [0.15, 0.2) is 36.7 Å². The van der Waals surface area contributed by atoms with Crippen LogP contribution in [-0.4, -0.2) is 15.0 Å². The molecule has 118 valence electrons. The number of nitrogens with zero attached hydrogens (tertiary/aromatic N) is 3. The van der Waals surface area contributed by atoms with Crippen molar-refractivity contribution in [3.8, 4) is 11.8 Å². The first kappa shape index (κ1) is 15.5. The zero-order chi connectivity index (χ0) is 16.6. The Morgan fingerprint density at radius 3 is 2.39 bits per heavy atom. The van der Waals surface area contributed by atoms with Crippen LogP contribution in [0, 0.1) is 6.92 Å². The monoisotopic (exact) mass is 339 g/mol. The number of pyridine rings is 1. The van der Waals surface area contributed by atoms with Gasteiger partial charge in [-0.05, 0) is 30.7 Å². The highest BCUT2D eigenvalue weighted by Gasteiger charge is 2.32. The number of benzene rings is 1.